The summed E-state index contributed by atoms with van der Waals surface area (Å²) in [6, 6.07) is 0. The number of nitrogens with zero attached hydrogens (tertiary/aromatic N) is 2. The number of alkyl halides is 2. The maximum atomic E-state index is 12.8. The quantitative estimate of drug-likeness (QED) is 0.873. The summed E-state index contributed by atoms with van der Waals surface area (Å²) in [7, 11) is 0. The SMILES string of the molecule is CCC(F)(F)C(=O)Nc1cnc(Cl)cn1. The number of rotatable bonds is 3. The molecule has 1 N–H and O–H groups in total. The van der Waals surface area contributed by atoms with E-state index in [-0.39, 0.29) is 11.0 Å². The topological polar surface area (TPSA) is 54.9 Å². The number of carbonyl (C=O) groups is 1. The molecule has 1 rings (SSSR count). The van der Waals surface area contributed by atoms with E-state index in [4.69, 9.17) is 11.6 Å². The molecule has 1 amide bonds. The summed E-state index contributed by atoms with van der Waals surface area (Å²) in [4.78, 5) is 18.2. The fourth-order valence-corrected chi connectivity index (χ4v) is 0.843. The van der Waals surface area contributed by atoms with Gasteiger partial charge in [0.05, 0.1) is 12.4 Å². The molecule has 0 radical (unpaired) electrons. The van der Waals surface area contributed by atoms with Gasteiger partial charge in [-0.25, -0.2) is 9.97 Å². The van der Waals surface area contributed by atoms with Crippen molar-refractivity contribution in [2.45, 2.75) is 19.3 Å². The number of nitrogens with one attached hydrogen (secondary N) is 1. The third-order valence-corrected chi connectivity index (χ3v) is 1.83. The first-order valence-electron chi connectivity index (χ1n) is 4.12. The number of amides is 1. The summed E-state index contributed by atoms with van der Waals surface area (Å²) in [5, 5.41) is 2.06. The van der Waals surface area contributed by atoms with Crippen molar-refractivity contribution in [3.63, 3.8) is 0 Å². The molecule has 0 aliphatic carbocycles. The molecule has 15 heavy (non-hydrogen) atoms. The van der Waals surface area contributed by atoms with E-state index in [0.29, 0.717) is 0 Å². The van der Waals surface area contributed by atoms with E-state index in [1.807, 2.05) is 5.32 Å². The van der Waals surface area contributed by atoms with E-state index in [1.54, 1.807) is 0 Å². The van der Waals surface area contributed by atoms with Gasteiger partial charge in [0.15, 0.2) is 5.82 Å². The standard InChI is InChI=1S/C8H8ClF2N3O/c1-2-8(10,11)7(15)14-6-4-12-5(9)3-13-6/h3-4H,2H2,1H3,(H,13,14,15). The lowest BCUT2D eigenvalue weighted by molar-refractivity contribution is -0.139. The number of halogens is 3. The Morgan fingerprint density at radius 1 is 1.53 bits per heavy atom. The van der Waals surface area contributed by atoms with Crippen LogP contribution in [0.25, 0.3) is 0 Å². The van der Waals surface area contributed by atoms with Gasteiger partial charge in [-0.2, -0.15) is 8.78 Å². The normalized spacial score (nSPS) is 11.2. The summed E-state index contributed by atoms with van der Waals surface area (Å²) in [5.41, 5.74) is 0. The molecule has 1 aromatic heterocycles. The third kappa shape index (κ3) is 3.09. The zero-order valence-corrected chi connectivity index (χ0v) is 8.55. The van der Waals surface area contributed by atoms with Crippen LogP contribution in [-0.4, -0.2) is 21.8 Å². The molecule has 0 aliphatic rings. The molecule has 0 aromatic carbocycles. The monoisotopic (exact) mass is 235 g/mol. The van der Waals surface area contributed by atoms with Crippen LogP contribution in [0.5, 0.6) is 0 Å². The van der Waals surface area contributed by atoms with E-state index in [9.17, 15) is 13.6 Å². The summed E-state index contributed by atoms with van der Waals surface area (Å²) in [6.45, 7) is 1.22. The number of carbonyl (C=O) groups excluding carboxylic acids is 1. The Labute approximate surface area is 89.7 Å². The van der Waals surface area contributed by atoms with E-state index < -0.39 is 18.3 Å². The van der Waals surface area contributed by atoms with Gasteiger partial charge in [0.2, 0.25) is 0 Å². The second kappa shape index (κ2) is 4.48. The first-order chi connectivity index (χ1) is 6.95. The van der Waals surface area contributed by atoms with Crippen LogP contribution >= 0.6 is 11.6 Å². The van der Waals surface area contributed by atoms with Crippen molar-refractivity contribution in [3.8, 4) is 0 Å². The van der Waals surface area contributed by atoms with Gasteiger partial charge in [0, 0.05) is 6.42 Å². The lowest BCUT2D eigenvalue weighted by Crippen LogP contribution is -2.34. The first-order valence-corrected chi connectivity index (χ1v) is 4.50. The smallest absolute Gasteiger partial charge is 0.304 e. The molecule has 0 unspecified atom stereocenters. The lowest BCUT2D eigenvalue weighted by Gasteiger charge is -2.12. The van der Waals surface area contributed by atoms with Crippen LogP contribution in [0.3, 0.4) is 0 Å². The zero-order chi connectivity index (χ0) is 11.5. The van der Waals surface area contributed by atoms with Crippen LogP contribution in [-0.2, 0) is 4.79 Å². The molecule has 0 saturated heterocycles. The van der Waals surface area contributed by atoms with E-state index in [2.05, 4.69) is 9.97 Å². The molecule has 7 heteroatoms. The highest BCUT2D eigenvalue weighted by atomic mass is 35.5. The second-order valence-electron chi connectivity index (χ2n) is 2.74. The fraction of sp³-hybridized carbons (Fsp3) is 0.375. The Kier molecular flexibility index (Phi) is 3.52. The van der Waals surface area contributed by atoms with Crippen molar-refractivity contribution in [2.24, 2.45) is 0 Å². The Morgan fingerprint density at radius 2 is 2.20 bits per heavy atom. The predicted molar refractivity (Wildman–Crippen MR) is 50.9 cm³/mol. The number of hydrogen-bond donors (Lipinski definition) is 1. The highest BCUT2D eigenvalue weighted by Crippen LogP contribution is 2.19. The predicted octanol–water partition coefficient (Wildman–Crippen LogP) is 2.11. The largest absolute Gasteiger partial charge is 0.324 e. The van der Waals surface area contributed by atoms with Gasteiger partial charge in [-0.05, 0) is 0 Å². The summed E-state index contributed by atoms with van der Waals surface area (Å²) < 4.78 is 25.7. The van der Waals surface area contributed by atoms with Crippen LogP contribution in [0, 0.1) is 0 Å². The molecular weight excluding hydrogens is 228 g/mol. The molecule has 82 valence electrons. The van der Waals surface area contributed by atoms with Gasteiger partial charge in [0.1, 0.15) is 5.15 Å². The van der Waals surface area contributed by atoms with Gasteiger partial charge >= 0.3 is 5.92 Å². The molecule has 0 atom stereocenters. The minimum Gasteiger partial charge on any atom is -0.304 e. The minimum atomic E-state index is -3.40. The van der Waals surface area contributed by atoms with Crippen LogP contribution < -0.4 is 5.32 Å². The molecule has 0 aliphatic heterocycles. The van der Waals surface area contributed by atoms with Crippen molar-refractivity contribution in [2.75, 3.05) is 5.32 Å². The number of anilines is 1. The van der Waals surface area contributed by atoms with Crippen LogP contribution in [0.1, 0.15) is 13.3 Å². The van der Waals surface area contributed by atoms with Crippen LogP contribution in [0.15, 0.2) is 12.4 Å². The minimum absolute atomic E-state index is 0.0578. The molecule has 4 nitrogen and oxygen atoms in total. The van der Waals surface area contributed by atoms with Crippen molar-refractivity contribution < 1.29 is 13.6 Å². The Balaban J connectivity index is 2.71. The zero-order valence-electron chi connectivity index (χ0n) is 7.80. The maximum Gasteiger partial charge on any atom is 0.324 e. The van der Waals surface area contributed by atoms with E-state index in [1.165, 1.54) is 6.92 Å². The Hall–Kier alpha value is -1.30. The van der Waals surface area contributed by atoms with Crippen molar-refractivity contribution >= 4 is 23.3 Å². The van der Waals surface area contributed by atoms with Gasteiger partial charge in [-0.1, -0.05) is 18.5 Å². The highest BCUT2D eigenvalue weighted by Gasteiger charge is 2.36. The molecule has 0 spiro atoms. The van der Waals surface area contributed by atoms with E-state index >= 15 is 0 Å². The average molecular weight is 236 g/mol. The second-order valence-corrected chi connectivity index (χ2v) is 3.12. The molecule has 0 saturated carbocycles. The van der Waals surface area contributed by atoms with E-state index in [0.717, 1.165) is 12.4 Å². The van der Waals surface area contributed by atoms with Crippen molar-refractivity contribution in [1.82, 2.24) is 9.97 Å². The van der Waals surface area contributed by atoms with Crippen LogP contribution in [0.2, 0.25) is 5.15 Å². The fourth-order valence-electron chi connectivity index (χ4n) is 0.745. The van der Waals surface area contributed by atoms with Crippen molar-refractivity contribution in [1.29, 1.82) is 0 Å². The van der Waals surface area contributed by atoms with Crippen LogP contribution in [0.4, 0.5) is 14.6 Å². The molecule has 1 heterocycles. The highest BCUT2D eigenvalue weighted by molar-refractivity contribution is 6.29. The molecular formula is C8H8ClF2N3O. The Bertz CT molecular complexity index is 355. The number of hydrogen-bond acceptors (Lipinski definition) is 3. The third-order valence-electron chi connectivity index (χ3n) is 1.64. The Morgan fingerprint density at radius 3 is 2.67 bits per heavy atom. The maximum absolute atomic E-state index is 12.8. The molecule has 0 fully saturated rings. The summed E-state index contributed by atoms with van der Waals surface area (Å²) in [6.07, 6.45) is 1.69. The molecule has 1 aromatic rings. The van der Waals surface area contributed by atoms with Gasteiger partial charge < -0.3 is 5.32 Å². The first kappa shape index (κ1) is 11.8. The molecule has 0 bridgehead atoms. The van der Waals surface area contributed by atoms with Crippen molar-refractivity contribution in [3.05, 3.63) is 17.5 Å². The van der Waals surface area contributed by atoms with Gasteiger partial charge in [-0.15, -0.1) is 0 Å². The lowest BCUT2D eigenvalue weighted by atomic mass is 10.2. The van der Waals surface area contributed by atoms with Gasteiger partial charge in [0.25, 0.3) is 5.91 Å². The van der Waals surface area contributed by atoms with Gasteiger partial charge in [-0.3, -0.25) is 4.79 Å². The summed E-state index contributed by atoms with van der Waals surface area (Å²) >= 11 is 5.43. The average Bonchev–Trinajstić information content (AvgIpc) is 2.21. The number of aromatic nitrogens is 2. The summed E-state index contributed by atoms with van der Waals surface area (Å²) in [5.74, 6) is -4.86.